The van der Waals surface area contributed by atoms with Gasteiger partial charge in [-0.3, -0.25) is 14.5 Å². The van der Waals surface area contributed by atoms with Gasteiger partial charge in [0, 0.05) is 21.9 Å². The first-order valence-electron chi connectivity index (χ1n) is 12.1. The van der Waals surface area contributed by atoms with Crippen molar-refractivity contribution in [2.24, 2.45) is 0 Å². The Bertz CT molecular complexity index is 1420. The van der Waals surface area contributed by atoms with Gasteiger partial charge in [-0.15, -0.1) is 10.2 Å². The molecule has 0 unspecified atom stereocenters. The van der Waals surface area contributed by atoms with Crippen LogP contribution in [0.25, 0.3) is 0 Å². The fourth-order valence-corrected chi connectivity index (χ4v) is 6.24. The summed E-state index contributed by atoms with van der Waals surface area (Å²) in [6, 6.07) is 23.0. The van der Waals surface area contributed by atoms with Crippen molar-refractivity contribution >= 4 is 46.7 Å². The number of hydrogen-bond acceptors (Lipinski definition) is 6. The zero-order valence-corrected chi connectivity index (χ0v) is 22.5. The summed E-state index contributed by atoms with van der Waals surface area (Å²) in [7, 11) is 0. The predicted octanol–water partition coefficient (Wildman–Crippen LogP) is 6.02. The molecule has 2 amide bonds. The van der Waals surface area contributed by atoms with Crippen LogP contribution in [0.1, 0.15) is 41.6 Å². The number of benzene rings is 3. The van der Waals surface area contributed by atoms with Crippen LogP contribution in [0.4, 0.5) is 11.4 Å². The molecule has 5 rings (SSSR count). The van der Waals surface area contributed by atoms with Crippen molar-refractivity contribution in [3.05, 3.63) is 89.7 Å². The van der Waals surface area contributed by atoms with Crippen LogP contribution >= 0.6 is 23.5 Å². The number of carbonyl (C=O) groups is 2. The molecule has 1 N–H and O–H groups in total. The van der Waals surface area contributed by atoms with Gasteiger partial charge in [-0.1, -0.05) is 65.5 Å². The summed E-state index contributed by atoms with van der Waals surface area (Å²) < 4.78 is 1.95. The number of nitrogens with zero attached hydrogens (tertiary/aromatic N) is 4. The molecule has 188 valence electrons. The third kappa shape index (κ3) is 5.14. The molecular weight excluding hydrogens is 502 g/mol. The molecule has 0 saturated carbocycles. The van der Waals surface area contributed by atoms with E-state index in [4.69, 9.17) is 0 Å². The highest BCUT2D eigenvalue weighted by atomic mass is 32.2. The molecule has 3 aromatic carbocycles. The normalized spacial score (nSPS) is 13.0. The second-order valence-electron chi connectivity index (χ2n) is 8.70. The van der Waals surface area contributed by atoms with Gasteiger partial charge in [0.05, 0.1) is 23.2 Å². The van der Waals surface area contributed by atoms with Crippen molar-refractivity contribution in [2.45, 2.75) is 48.3 Å². The van der Waals surface area contributed by atoms with Gasteiger partial charge in [-0.25, -0.2) is 0 Å². The molecule has 37 heavy (non-hydrogen) atoms. The molecule has 0 saturated heterocycles. The number of aromatic nitrogens is 3. The Balaban J connectivity index is 1.32. The molecule has 9 heteroatoms. The highest BCUT2D eigenvalue weighted by Gasteiger charge is 2.28. The van der Waals surface area contributed by atoms with Gasteiger partial charge >= 0.3 is 0 Å². The Kier molecular flexibility index (Phi) is 7.34. The topological polar surface area (TPSA) is 80.1 Å². The summed E-state index contributed by atoms with van der Waals surface area (Å²) in [6.07, 6.45) is 0. The highest BCUT2D eigenvalue weighted by molar-refractivity contribution is 8.00. The van der Waals surface area contributed by atoms with Crippen LogP contribution < -0.4 is 10.2 Å². The average molecular weight is 530 g/mol. The third-order valence-electron chi connectivity index (χ3n) is 6.08. The van der Waals surface area contributed by atoms with E-state index in [0.717, 1.165) is 26.7 Å². The standard InChI is InChI=1S/C28H27N5O2S2/c1-4-32-26(19(3)29-27(35)20-11-9-10-18(2)16-20)30-31-28(32)36-17-25(34)33-21-12-5-7-14-23(21)37-24-15-8-6-13-22(24)33/h5-16,19H,4,17H2,1-3H3,(H,29,35)/t19-/m0/s1. The summed E-state index contributed by atoms with van der Waals surface area (Å²) in [5.74, 6) is 0.670. The maximum atomic E-state index is 13.5. The van der Waals surface area contributed by atoms with Crippen LogP contribution in [0.15, 0.2) is 87.7 Å². The van der Waals surface area contributed by atoms with Crippen molar-refractivity contribution in [3.63, 3.8) is 0 Å². The minimum Gasteiger partial charge on any atom is -0.342 e. The maximum Gasteiger partial charge on any atom is 0.251 e. The molecule has 0 bridgehead atoms. The highest BCUT2D eigenvalue weighted by Crippen LogP contribution is 2.48. The molecule has 1 atom stereocenters. The number of amides is 2. The fraction of sp³-hybridized carbons (Fsp3) is 0.214. The Morgan fingerprint density at radius 3 is 2.30 bits per heavy atom. The second-order valence-corrected chi connectivity index (χ2v) is 10.7. The number of anilines is 2. The van der Waals surface area contributed by atoms with Crippen LogP contribution in [0, 0.1) is 6.92 Å². The smallest absolute Gasteiger partial charge is 0.251 e. The Morgan fingerprint density at radius 2 is 1.65 bits per heavy atom. The van der Waals surface area contributed by atoms with Gasteiger partial charge in [-0.05, 0) is 57.2 Å². The minimum atomic E-state index is -0.344. The molecular formula is C28H27N5O2S2. The van der Waals surface area contributed by atoms with Crippen molar-refractivity contribution < 1.29 is 9.59 Å². The van der Waals surface area contributed by atoms with E-state index in [1.807, 2.05) is 92.1 Å². The lowest BCUT2D eigenvalue weighted by molar-refractivity contribution is -0.115. The fourth-order valence-electron chi connectivity index (χ4n) is 4.32. The SMILES string of the molecule is CCn1c(SCC(=O)N2c3ccccc3Sc3ccccc32)nnc1[C@H](C)NC(=O)c1cccc(C)c1. The van der Waals surface area contributed by atoms with Crippen LogP contribution in [-0.4, -0.2) is 32.3 Å². The Morgan fingerprint density at radius 1 is 0.973 bits per heavy atom. The number of para-hydroxylation sites is 2. The average Bonchev–Trinajstić information content (AvgIpc) is 3.33. The van der Waals surface area contributed by atoms with Crippen molar-refractivity contribution in [1.29, 1.82) is 0 Å². The number of aryl methyl sites for hydroxylation is 1. The van der Waals surface area contributed by atoms with Gasteiger partial charge in [0.15, 0.2) is 11.0 Å². The molecule has 0 radical (unpaired) electrons. The van der Waals surface area contributed by atoms with E-state index in [9.17, 15) is 9.59 Å². The van der Waals surface area contributed by atoms with Gasteiger partial charge in [0.25, 0.3) is 5.91 Å². The minimum absolute atomic E-state index is 0.0294. The monoisotopic (exact) mass is 529 g/mol. The van der Waals surface area contributed by atoms with Crippen molar-refractivity contribution in [2.75, 3.05) is 10.7 Å². The Hall–Kier alpha value is -3.56. The van der Waals surface area contributed by atoms with E-state index in [1.165, 1.54) is 11.8 Å². The largest absolute Gasteiger partial charge is 0.342 e. The lowest BCUT2D eigenvalue weighted by Gasteiger charge is -2.30. The lowest BCUT2D eigenvalue weighted by Crippen LogP contribution is -2.30. The van der Waals surface area contributed by atoms with Crippen molar-refractivity contribution in [3.8, 4) is 0 Å². The number of hydrogen-bond donors (Lipinski definition) is 1. The van der Waals surface area contributed by atoms with E-state index in [2.05, 4.69) is 15.5 Å². The van der Waals surface area contributed by atoms with Gasteiger partial charge in [0.1, 0.15) is 0 Å². The van der Waals surface area contributed by atoms with Crippen LogP contribution in [0.3, 0.4) is 0 Å². The number of carbonyl (C=O) groups excluding carboxylic acids is 2. The quantitative estimate of drug-likeness (QED) is 0.295. The first kappa shape index (κ1) is 25.1. The van der Waals surface area contributed by atoms with E-state index < -0.39 is 0 Å². The molecule has 0 fully saturated rings. The van der Waals surface area contributed by atoms with Crippen LogP contribution in [0.5, 0.6) is 0 Å². The molecule has 7 nitrogen and oxygen atoms in total. The molecule has 2 heterocycles. The summed E-state index contributed by atoms with van der Waals surface area (Å²) in [6.45, 7) is 6.47. The van der Waals surface area contributed by atoms with Crippen LogP contribution in [-0.2, 0) is 11.3 Å². The van der Waals surface area contributed by atoms with E-state index >= 15 is 0 Å². The summed E-state index contributed by atoms with van der Waals surface area (Å²) in [5, 5.41) is 12.4. The number of rotatable bonds is 7. The molecule has 1 aromatic heterocycles. The molecule has 4 aromatic rings. The zero-order valence-electron chi connectivity index (χ0n) is 20.8. The summed E-state index contributed by atoms with van der Waals surface area (Å²) in [4.78, 5) is 30.2. The first-order valence-corrected chi connectivity index (χ1v) is 13.9. The van der Waals surface area contributed by atoms with E-state index in [1.54, 1.807) is 22.7 Å². The number of thioether (sulfide) groups is 1. The lowest BCUT2D eigenvalue weighted by atomic mass is 10.1. The third-order valence-corrected chi connectivity index (χ3v) is 8.17. The van der Waals surface area contributed by atoms with Crippen molar-refractivity contribution in [1.82, 2.24) is 20.1 Å². The number of nitrogens with one attached hydrogen (secondary N) is 1. The van der Waals surface area contributed by atoms with E-state index in [-0.39, 0.29) is 23.6 Å². The summed E-state index contributed by atoms with van der Waals surface area (Å²) in [5.41, 5.74) is 3.41. The maximum absolute atomic E-state index is 13.5. The number of fused-ring (bicyclic) bond motifs is 2. The second kappa shape index (κ2) is 10.8. The molecule has 0 aliphatic carbocycles. The summed E-state index contributed by atoms with van der Waals surface area (Å²) >= 11 is 3.03. The predicted molar refractivity (Wildman–Crippen MR) is 148 cm³/mol. The Labute approximate surface area is 224 Å². The first-order chi connectivity index (χ1) is 18.0. The van der Waals surface area contributed by atoms with Gasteiger partial charge in [0.2, 0.25) is 5.91 Å². The zero-order chi connectivity index (χ0) is 25.9. The van der Waals surface area contributed by atoms with Gasteiger partial charge in [-0.2, -0.15) is 0 Å². The molecule has 1 aliphatic rings. The van der Waals surface area contributed by atoms with Crippen LogP contribution in [0.2, 0.25) is 0 Å². The van der Waals surface area contributed by atoms with Gasteiger partial charge < -0.3 is 9.88 Å². The molecule has 1 aliphatic heterocycles. The molecule has 0 spiro atoms. The van der Waals surface area contributed by atoms with E-state index in [0.29, 0.717) is 23.1 Å².